The summed E-state index contributed by atoms with van der Waals surface area (Å²) in [6.07, 6.45) is 3.97. The van der Waals surface area contributed by atoms with Gasteiger partial charge < -0.3 is 10.7 Å². The van der Waals surface area contributed by atoms with Crippen molar-refractivity contribution in [2.45, 2.75) is 44.0 Å². The van der Waals surface area contributed by atoms with Gasteiger partial charge in [0.05, 0.1) is 4.90 Å². The summed E-state index contributed by atoms with van der Waals surface area (Å²) in [7, 11) is -3.18. The van der Waals surface area contributed by atoms with E-state index in [0.29, 0.717) is 4.90 Å². The van der Waals surface area contributed by atoms with Crippen molar-refractivity contribution in [2.24, 2.45) is 5.73 Å². The average molecular weight is 294 g/mol. The van der Waals surface area contributed by atoms with Gasteiger partial charge in [0, 0.05) is 28.9 Å². The SMILES string of the molecule is CCC(N)CCc1c(C)[nH]c2ccc(S(C)(=O)=O)cc12. The highest BCUT2D eigenvalue weighted by Gasteiger charge is 2.13. The molecular weight excluding hydrogens is 272 g/mol. The van der Waals surface area contributed by atoms with Crippen LogP contribution in [0.5, 0.6) is 0 Å². The molecule has 2 rings (SSSR count). The van der Waals surface area contributed by atoms with Gasteiger partial charge in [-0.25, -0.2) is 8.42 Å². The fourth-order valence-corrected chi connectivity index (χ4v) is 3.10. The van der Waals surface area contributed by atoms with Gasteiger partial charge in [-0.3, -0.25) is 0 Å². The van der Waals surface area contributed by atoms with E-state index in [1.54, 1.807) is 12.1 Å². The molecule has 0 aliphatic carbocycles. The van der Waals surface area contributed by atoms with Crippen LogP contribution in [0.4, 0.5) is 0 Å². The van der Waals surface area contributed by atoms with Crippen molar-refractivity contribution in [1.82, 2.24) is 4.98 Å². The van der Waals surface area contributed by atoms with Crippen molar-refractivity contribution >= 4 is 20.7 Å². The maximum atomic E-state index is 11.7. The minimum Gasteiger partial charge on any atom is -0.358 e. The number of aromatic nitrogens is 1. The van der Waals surface area contributed by atoms with Gasteiger partial charge in [-0.15, -0.1) is 0 Å². The summed E-state index contributed by atoms with van der Waals surface area (Å²) in [5, 5.41) is 0.994. The second kappa shape index (κ2) is 5.58. The van der Waals surface area contributed by atoms with Crippen LogP contribution >= 0.6 is 0 Å². The maximum Gasteiger partial charge on any atom is 0.175 e. The Morgan fingerprint density at radius 1 is 1.35 bits per heavy atom. The first-order valence-electron chi connectivity index (χ1n) is 6.89. The molecule has 3 N–H and O–H groups in total. The summed E-state index contributed by atoms with van der Waals surface area (Å²) in [5.74, 6) is 0. The van der Waals surface area contributed by atoms with Crippen LogP contribution in [0.25, 0.3) is 10.9 Å². The van der Waals surface area contributed by atoms with Gasteiger partial charge in [0.15, 0.2) is 9.84 Å². The van der Waals surface area contributed by atoms with Crippen LogP contribution in [0.15, 0.2) is 23.1 Å². The summed E-state index contributed by atoms with van der Waals surface area (Å²) in [4.78, 5) is 3.68. The molecule has 110 valence electrons. The van der Waals surface area contributed by atoms with Crippen LogP contribution in [-0.4, -0.2) is 25.7 Å². The number of hydrogen-bond donors (Lipinski definition) is 2. The van der Waals surface area contributed by atoms with Gasteiger partial charge in [-0.2, -0.15) is 0 Å². The zero-order valence-corrected chi connectivity index (χ0v) is 13.0. The second-order valence-electron chi connectivity index (χ2n) is 5.42. The molecule has 1 atom stereocenters. The smallest absolute Gasteiger partial charge is 0.175 e. The van der Waals surface area contributed by atoms with E-state index < -0.39 is 9.84 Å². The van der Waals surface area contributed by atoms with E-state index >= 15 is 0 Å². The van der Waals surface area contributed by atoms with E-state index in [0.717, 1.165) is 35.9 Å². The van der Waals surface area contributed by atoms with Gasteiger partial charge in [-0.1, -0.05) is 6.92 Å². The average Bonchev–Trinajstić information content (AvgIpc) is 2.69. The topological polar surface area (TPSA) is 76.0 Å². The Balaban J connectivity index is 2.45. The lowest BCUT2D eigenvalue weighted by molar-refractivity contribution is 0.596. The van der Waals surface area contributed by atoms with E-state index in [9.17, 15) is 8.42 Å². The van der Waals surface area contributed by atoms with Crippen molar-refractivity contribution in [1.29, 1.82) is 0 Å². The molecule has 0 saturated carbocycles. The van der Waals surface area contributed by atoms with Crippen molar-refractivity contribution < 1.29 is 8.42 Å². The molecule has 0 saturated heterocycles. The molecule has 1 heterocycles. The summed E-state index contributed by atoms with van der Waals surface area (Å²) < 4.78 is 23.4. The van der Waals surface area contributed by atoms with Crippen molar-refractivity contribution in [3.63, 3.8) is 0 Å². The molecule has 0 fully saturated rings. The van der Waals surface area contributed by atoms with Gasteiger partial charge in [0.2, 0.25) is 0 Å². The van der Waals surface area contributed by atoms with Crippen molar-refractivity contribution in [3.8, 4) is 0 Å². The summed E-state index contributed by atoms with van der Waals surface area (Å²) in [5.41, 5.74) is 9.23. The Labute approximate surface area is 120 Å². The van der Waals surface area contributed by atoms with Crippen LogP contribution in [0, 0.1) is 6.92 Å². The molecule has 1 aromatic heterocycles. The minimum absolute atomic E-state index is 0.192. The zero-order chi connectivity index (χ0) is 14.9. The molecule has 4 nitrogen and oxygen atoms in total. The first kappa shape index (κ1) is 15.1. The number of rotatable bonds is 5. The molecule has 0 spiro atoms. The number of nitrogens with two attached hydrogens (primary N) is 1. The summed E-state index contributed by atoms with van der Waals surface area (Å²) in [6, 6.07) is 5.44. The zero-order valence-electron chi connectivity index (χ0n) is 12.2. The molecule has 1 aromatic carbocycles. The van der Waals surface area contributed by atoms with Gasteiger partial charge in [-0.05, 0) is 49.9 Å². The largest absolute Gasteiger partial charge is 0.358 e. The van der Waals surface area contributed by atoms with E-state index in [1.165, 1.54) is 11.8 Å². The van der Waals surface area contributed by atoms with E-state index in [2.05, 4.69) is 11.9 Å². The molecule has 5 heteroatoms. The lowest BCUT2D eigenvalue weighted by Crippen LogP contribution is -2.19. The highest BCUT2D eigenvalue weighted by atomic mass is 32.2. The third kappa shape index (κ3) is 3.04. The second-order valence-corrected chi connectivity index (χ2v) is 7.43. The number of sulfone groups is 1. The molecule has 0 aliphatic rings. The highest BCUT2D eigenvalue weighted by molar-refractivity contribution is 7.90. The fraction of sp³-hybridized carbons (Fsp3) is 0.467. The minimum atomic E-state index is -3.18. The third-order valence-corrected chi connectivity index (χ3v) is 4.92. The number of aryl methyl sites for hydroxylation is 2. The van der Waals surface area contributed by atoms with Gasteiger partial charge in [0.25, 0.3) is 0 Å². The Morgan fingerprint density at radius 3 is 2.65 bits per heavy atom. The van der Waals surface area contributed by atoms with E-state index in [4.69, 9.17) is 5.73 Å². The molecule has 2 aromatic rings. The Morgan fingerprint density at radius 2 is 2.05 bits per heavy atom. The Bertz CT molecular complexity index is 717. The lowest BCUT2D eigenvalue weighted by Gasteiger charge is -2.08. The predicted octanol–water partition coefficient (Wildman–Crippen LogP) is 2.55. The number of aromatic amines is 1. The number of hydrogen-bond acceptors (Lipinski definition) is 3. The number of fused-ring (bicyclic) bond motifs is 1. The quantitative estimate of drug-likeness (QED) is 0.889. The normalized spacial score (nSPS) is 13.8. The van der Waals surface area contributed by atoms with Crippen LogP contribution in [0.2, 0.25) is 0 Å². The molecule has 20 heavy (non-hydrogen) atoms. The van der Waals surface area contributed by atoms with Crippen LogP contribution in [-0.2, 0) is 16.3 Å². The monoisotopic (exact) mass is 294 g/mol. The number of benzene rings is 1. The number of H-pyrrole nitrogens is 1. The van der Waals surface area contributed by atoms with Crippen LogP contribution in [0.1, 0.15) is 31.0 Å². The van der Waals surface area contributed by atoms with Crippen molar-refractivity contribution in [3.05, 3.63) is 29.5 Å². The fourth-order valence-electron chi connectivity index (χ4n) is 2.45. The summed E-state index contributed by atoms with van der Waals surface area (Å²) >= 11 is 0. The number of nitrogens with one attached hydrogen (secondary N) is 1. The molecule has 0 bridgehead atoms. The van der Waals surface area contributed by atoms with Crippen molar-refractivity contribution in [2.75, 3.05) is 6.26 Å². The molecule has 1 unspecified atom stereocenters. The molecule has 0 amide bonds. The molecule has 0 aliphatic heterocycles. The Kier molecular flexibility index (Phi) is 4.20. The molecular formula is C15H22N2O2S. The van der Waals surface area contributed by atoms with Gasteiger partial charge in [0.1, 0.15) is 0 Å². The molecule has 0 radical (unpaired) electrons. The van der Waals surface area contributed by atoms with Crippen LogP contribution < -0.4 is 5.73 Å². The first-order chi connectivity index (χ1) is 9.32. The third-order valence-electron chi connectivity index (χ3n) is 3.81. The lowest BCUT2D eigenvalue weighted by atomic mass is 10.0. The van der Waals surface area contributed by atoms with E-state index in [1.807, 2.05) is 13.0 Å². The standard InChI is InChI=1S/C15H22N2O2S/c1-4-11(16)5-7-13-10(2)17-15-8-6-12(9-14(13)15)20(3,18)19/h6,8-9,11,17H,4-5,7,16H2,1-3H3. The highest BCUT2D eigenvalue weighted by Crippen LogP contribution is 2.26. The van der Waals surface area contributed by atoms with Gasteiger partial charge >= 0.3 is 0 Å². The summed E-state index contributed by atoms with van der Waals surface area (Å²) in [6.45, 7) is 4.10. The van der Waals surface area contributed by atoms with Crippen LogP contribution in [0.3, 0.4) is 0 Å². The first-order valence-corrected chi connectivity index (χ1v) is 8.79. The maximum absolute atomic E-state index is 11.7. The Hall–Kier alpha value is -1.33. The van der Waals surface area contributed by atoms with E-state index in [-0.39, 0.29) is 6.04 Å². The predicted molar refractivity (Wildman–Crippen MR) is 82.7 cm³/mol.